The summed E-state index contributed by atoms with van der Waals surface area (Å²) in [5.74, 6) is 0.546. The molecule has 2 saturated heterocycles. The van der Waals surface area contributed by atoms with Crippen LogP contribution in [-0.2, 0) is 13.0 Å². The average molecular weight is 622 g/mol. The molecule has 0 saturated carbocycles. The first-order valence-electron chi connectivity index (χ1n) is 15.1. The minimum atomic E-state index is -0.259. The van der Waals surface area contributed by atoms with Crippen LogP contribution in [0.5, 0.6) is 0 Å². The van der Waals surface area contributed by atoms with Crippen molar-refractivity contribution in [1.29, 1.82) is 0 Å². The Morgan fingerprint density at radius 2 is 1.70 bits per heavy atom. The van der Waals surface area contributed by atoms with Crippen molar-refractivity contribution in [2.75, 3.05) is 45.2 Å². The van der Waals surface area contributed by atoms with Gasteiger partial charge in [0.05, 0.1) is 21.7 Å². The lowest BCUT2D eigenvalue weighted by Crippen LogP contribution is -2.48. The average Bonchev–Trinajstić information content (AvgIpc) is 3.41. The number of nitrogens with zero attached hydrogens (tertiary/aromatic N) is 5. The summed E-state index contributed by atoms with van der Waals surface area (Å²) >= 11 is 12.4. The number of nitrogens with one attached hydrogen (secondary N) is 1. The van der Waals surface area contributed by atoms with Gasteiger partial charge in [-0.3, -0.25) is 14.5 Å². The van der Waals surface area contributed by atoms with E-state index >= 15 is 0 Å². The molecule has 3 aromatic rings. The smallest absolute Gasteiger partial charge is 0.253 e. The van der Waals surface area contributed by atoms with Gasteiger partial charge in [0.1, 0.15) is 0 Å². The highest BCUT2D eigenvalue weighted by Gasteiger charge is 2.39. The zero-order valence-electron chi connectivity index (χ0n) is 24.8. The first-order chi connectivity index (χ1) is 20.7. The molecule has 1 atom stereocenters. The van der Waals surface area contributed by atoms with Crippen LogP contribution in [0.1, 0.15) is 75.6 Å². The van der Waals surface area contributed by atoms with Gasteiger partial charge >= 0.3 is 0 Å². The summed E-state index contributed by atoms with van der Waals surface area (Å²) in [5, 5.41) is 3.71. The highest BCUT2D eigenvalue weighted by atomic mass is 35.5. The van der Waals surface area contributed by atoms with Crippen LogP contribution in [-0.4, -0.2) is 71.9 Å². The highest BCUT2D eigenvalue weighted by molar-refractivity contribution is 6.43. The van der Waals surface area contributed by atoms with Gasteiger partial charge in [0.2, 0.25) is 5.95 Å². The molecule has 0 radical (unpaired) electrons. The van der Waals surface area contributed by atoms with Crippen molar-refractivity contribution in [3.05, 3.63) is 86.7 Å². The maximum absolute atomic E-state index is 13.6. The molecule has 3 heterocycles. The Morgan fingerprint density at radius 1 is 1.00 bits per heavy atom. The number of carbonyl (C=O) groups excluding carboxylic acids is 2. The number of anilines is 1. The summed E-state index contributed by atoms with van der Waals surface area (Å²) in [6.45, 7) is 4.55. The van der Waals surface area contributed by atoms with Gasteiger partial charge in [0.25, 0.3) is 11.8 Å². The highest BCUT2D eigenvalue weighted by Crippen LogP contribution is 2.42. The number of rotatable bonds is 6. The third kappa shape index (κ3) is 6.37. The van der Waals surface area contributed by atoms with Crippen molar-refractivity contribution in [2.24, 2.45) is 5.41 Å². The van der Waals surface area contributed by atoms with Crippen LogP contribution in [0.4, 0.5) is 5.95 Å². The molecule has 0 bridgehead atoms. The van der Waals surface area contributed by atoms with Crippen LogP contribution in [0.3, 0.4) is 0 Å². The summed E-state index contributed by atoms with van der Waals surface area (Å²) in [4.78, 5) is 41.9. The largest absolute Gasteiger partial charge is 0.347 e. The molecular weight excluding hydrogens is 583 g/mol. The number of benzene rings is 2. The summed E-state index contributed by atoms with van der Waals surface area (Å²) in [6.07, 6.45) is 9.89. The Kier molecular flexibility index (Phi) is 8.63. The van der Waals surface area contributed by atoms with E-state index in [1.54, 1.807) is 18.2 Å². The summed E-state index contributed by atoms with van der Waals surface area (Å²) in [5.41, 5.74) is 4.69. The monoisotopic (exact) mass is 620 g/mol. The van der Waals surface area contributed by atoms with E-state index in [0.717, 1.165) is 88.3 Å². The SMILES string of the molecule is CN(C)c1ncc(CN2CCC3(CC2)CCN(C(=O)c2ccc4c(c2)C(NC(=O)c2cccc(Cl)c2Cl)CC4)CC3)cn1. The number of piperidine rings is 2. The van der Waals surface area contributed by atoms with Crippen LogP contribution in [0.25, 0.3) is 0 Å². The molecule has 2 amide bonds. The Balaban J connectivity index is 1.03. The number of hydrogen-bond acceptors (Lipinski definition) is 6. The summed E-state index contributed by atoms with van der Waals surface area (Å²) < 4.78 is 0. The first-order valence-corrected chi connectivity index (χ1v) is 15.8. The molecule has 1 spiro atoms. The van der Waals surface area contributed by atoms with Crippen LogP contribution in [0, 0.1) is 5.41 Å². The predicted molar refractivity (Wildman–Crippen MR) is 170 cm³/mol. The molecule has 10 heteroatoms. The third-order valence-electron chi connectivity index (χ3n) is 9.50. The van der Waals surface area contributed by atoms with Gasteiger partial charge in [-0.2, -0.15) is 0 Å². The second-order valence-corrected chi connectivity index (χ2v) is 13.2. The number of carbonyl (C=O) groups is 2. The molecule has 43 heavy (non-hydrogen) atoms. The van der Waals surface area contributed by atoms with Crippen molar-refractivity contribution < 1.29 is 9.59 Å². The Hall–Kier alpha value is -3.20. The fourth-order valence-corrected chi connectivity index (χ4v) is 7.16. The molecule has 1 aromatic heterocycles. The first kappa shape index (κ1) is 29.9. The minimum Gasteiger partial charge on any atom is -0.347 e. The van der Waals surface area contributed by atoms with E-state index in [9.17, 15) is 9.59 Å². The van der Waals surface area contributed by atoms with Gasteiger partial charge in [-0.05, 0) is 92.4 Å². The number of aromatic nitrogens is 2. The molecule has 226 valence electrons. The standard InChI is InChI=1S/C33H38Cl2N6O2/c1-39(2)32-36-19-22(20-37-32)21-40-14-10-33(11-15-40)12-16-41(17-13-33)31(43)24-7-6-23-8-9-28(26(23)18-24)38-30(42)25-4-3-5-27(34)29(25)35/h3-7,18-20,28H,8-17,21H2,1-2H3,(H,38,42). The predicted octanol–water partition coefficient (Wildman–Crippen LogP) is 5.79. The zero-order valence-corrected chi connectivity index (χ0v) is 26.3. The number of likely N-dealkylation sites (tertiary alicyclic amines) is 2. The third-order valence-corrected chi connectivity index (χ3v) is 10.3. The van der Waals surface area contributed by atoms with Gasteiger partial charge < -0.3 is 15.1 Å². The molecule has 2 fully saturated rings. The van der Waals surface area contributed by atoms with Gasteiger partial charge in [0.15, 0.2) is 0 Å². The molecule has 8 nitrogen and oxygen atoms in total. The molecule has 6 rings (SSSR count). The van der Waals surface area contributed by atoms with E-state index < -0.39 is 0 Å². The van der Waals surface area contributed by atoms with Crippen molar-refractivity contribution in [1.82, 2.24) is 25.1 Å². The Bertz CT molecular complexity index is 1490. The van der Waals surface area contributed by atoms with Crippen LogP contribution in [0.2, 0.25) is 10.0 Å². The zero-order chi connectivity index (χ0) is 30.1. The maximum Gasteiger partial charge on any atom is 0.253 e. The topological polar surface area (TPSA) is 81.7 Å². The number of hydrogen-bond donors (Lipinski definition) is 1. The van der Waals surface area contributed by atoms with E-state index in [0.29, 0.717) is 21.6 Å². The second-order valence-electron chi connectivity index (χ2n) is 12.4. The van der Waals surface area contributed by atoms with E-state index in [2.05, 4.69) is 20.2 Å². The lowest BCUT2D eigenvalue weighted by molar-refractivity contribution is 0.0284. The van der Waals surface area contributed by atoms with E-state index in [4.69, 9.17) is 23.2 Å². The quantitative estimate of drug-likeness (QED) is 0.376. The molecular formula is C33H38Cl2N6O2. The van der Waals surface area contributed by atoms with Crippen LogP contribution >= 0.6 is 23.2 Å². The number of halogens is 2. The fourth-order valence-electron chi connectivity index (χ4n) is 6.77. The fraction of sp³-hybridized carbons (Fsp3) is 0.455. The summed E-state index contributed by atoms with van der Waals surface area (Å²) in [7, 11) is 3.89. The van der Waals surface area contributed by atoms with Crippen LogP contribution in [0.15, 0.2) is 48.8 Å². The lowest BCUT2D eigenvalue weighted by atomic mass is 9.71. The van der Waals surface area contributed by atoms with Crippen LogP contribution < -0.4 is 10.2 Å². The number of amides is 2. The molecule has 2 aliphatic heterocycles. The normalized spacial score (nSPS) is 19.7. The molecule has 2 aromatic carbocycles. The van der Waals surface area contributed by atoms with Gasteiger partial charge in [0, 0.05) is 57.3 Å². The van der Waals surface area contributed by atoms with Gasteiger partial charge in [-0.1, -0.05) is 35.3 Å². The van der Waals surface area contributed by atoms with E-state index in [-0.39, 0.29) is 22.9 Å². The Morgan fingerprint density at radius 3 is 2.40 bits per heavy atom. The van der Waals surface area contributed by atoms with E-state index in [1.807, 2.05) is 54.5 Å². The van der Waals surface area contributed by atoms with Crippen molar-refractivity contribution >= 4 is 41.0 Å². The Labute approximate surface area is 263 Å². The molecule has 1 unspecified atom stereocenters. The van der Waals surface area contributed by atoms with Gasteiger partial charge in [-0.25, -0.2) is 9.97 Å². The molecule has 1 N–H and O–H groups in total. The second kappa shape index (κ2) is 12.4. The van der Waals surface area contributed by atoms with Crippen molar-refractivity contribution in [2.45, 2.75) is 51.1 Å². The molecule has 3 aliphatic rings. The van der Waals surface area contributed by atoms with Crippen molar-refractivity contribution in [3.8, 4) is 0 Å². The lowest BCUT2D eigenvalue weighted by Gasteiger charge is -2.47. The maximum atomic E-state index is 13.6. The minimum absolute atomic E-state index is 0.0751. The molecule has 1 aliphatic carbocycles. The van der Waals surface area contributed by atoms with Crippen molar-refractivity contribution in [3.63, 3.8) is 0 Å². The van der Waals surface area contributed by atoms with E-state index in [1.165, 1.54) is 5.56 Å². The summed E-state index contributed by atoms with van der Waals surface area (Å²) in [6, 6.07) is 10.8. The number of fused-ring (bicyclic) bond motifs is 1. The number of aryl methyl sites for hydroxylation is 1. The van der Waals surface area contributed by atoms with Gasteiger partial charge in [-0.15, -0.1) is 0 Å².